The first-order chi connectivity index (χ1) is 19.9. The Bertz CT molecular complexity index is 1680. The monoisotopic (exact) mass is 555 g/mol. The minimum Gasteiger partial charge on any atom is -0.595 e. The van der Waals surface area contributed by atoms with Crippen LogP contribution in [0.5, 0.6) is 0 Å². The number of benzene rings is 1. The van der Waals surface area contributed by atoms with E-state index in [0.29, 0.717) is 39.1 Å². The fourth-order valence-corrected chi connectivity index (χ4v) is 8.78. The predicted octanol–water partition coefficient (Wildman–Crippen LogP) is 1.22. The van der Waals surface area contributed by atoms with Gasteiger partial charge in [-0.25, -0.2) is 5.21 Å². The summed E-state index contributed by atoms with van der Waals surface area (Å²) < 4.78 is 3.78. The summed E-state index contributed by atoms with van der Waals surface area (Å²) in [5.74, 6) is 0.427. The topological polar surface area (TPSA) is 115 Å². The molecular formula is C31H33N5O5. The van der Waals surface area contributed by atoms with E-state index in [1.165, 1.54) is 0 Å². The van der Waals surface area contributed by atoms with E-state index in [4.69, 9.17) is 0 Å². The molecule has 10 heteroatoms. The second-order valence-electron chi connectivity index (χ2n) is 12.6. The van der Waals surface area contributed by atoms with Gasteiger partial charge in [0.05, 0.1) is 5.92 Å². The van der Waals surface area contributed by atoms with Gasteiger partial charge in [0.25, 0.3) is 11.1 Å². The molecule has 2 saturated heterocycles. The molecule has 2 N–H and O–H groups in total. The molecule has 0 radical (unpaired) electrons. The number of nitrogens with one attached hydrogen (secondary N) is 1. The van der Waals surface area contributed by atoms with Crippen molar-refractivity contribution in [1.82, 2.24) is 14.0 Å². The normalized spacial score (nSPS) is 30.0. The first kappa shape index (κ1) is 25.0. The van der Waals surface area contributed by atoms with E-state index in [1.807, 2.05) is 44.4 Å². The summed E-state index contributed by atoms with van der Waals surface area (Å²) in [6.07, 6.45) is 2.39. The summed E-state index contributed by atoms with van der Waals surface area (Å²) in [6.45, 7) is 3.11. The number of likely N-dealkylation sites (tertiary alicyclic amines) is 1. The van der Waals surface area contributed by atoms with Gasteiger partial charge >= 0.3 is 0 Å². The molecule has 2 fully saturated rings. The first-order valence-electron chi connectivity index (χ1n) is 14.7. The molecule has 41 heavy (non-hydrogen) atoms. The molecule has 5 aliphatic rings. The number of quaternary nitrogens is 1. The van der Waals surface area contributed by atoms with E-state index < -0.39 is 5.23 Å². The predicted molar refractivity (Wildman–Crippen MR) is 150 cm³/mol. The molecule has 7 atom stereocenters. The summed E-state index contributed by atoms with van der Waals surface area (Å²) in [6, 6.07) is 16.2. The Hall–Kier alpha value is -3.73. The minimum absolute atomic E-state index is 0.00796. The Morgan fingerprint density at radius 1 is 0.854 bits per heavy atom. The lowest BCUT2D eigenvalue weighted by Gasteiger charge is -2.55. The number of hydrogen-bond acceptors (Lipinski definition) is 6. The molecule has 7 heterocycles. The Morgan fingerprint density at radius 3 is 2.29 bits per heavy atom. The third-order valence-electron chi connectivity index (χ3n) is 10.4. The molecule has 2 aromatic heterocycles. The average Bonchev–Trinajstić information content (AvgIpc) is 2.97. The van der Waals surface area contributed by atoms with Crippen LogP contribution in [0.15, 0.2) is 64.2 Å². The summed E-state index contributed by atoms with van der Waals surface area (Å²) in [4.78, 5) is 44.3. The van der Waals surface area contributed by atoms with Gasteiger partial charge in [-0.3, -0.25) is 14.4 Å². The number of pyridine rings is 2. The number of aromatic nitrogens is 2. The highest BCUT2D eigenvalue weighted by atomic mass is 16.8. The Kier molecular flexibility index (Phi) is 5.58. The van der Waals surface area contributed by atoms with Gasteiger partial charge < -0.3 is 24.1 Å². The maximum Gasteiger partial charge on any atom is 0.250 e. The van der Waals surface area contributed by atoms with Crippen LogP contribution in [0.3, 0.4) is 0 Å². The molecule has 1 aromatic carbocycles. The first-order valence-corrected chi connectivity index (χ1v) is 14.7. The highest BCUT2D eigenvalue weighted by Crippen LogP contribution is 2.48. The largest absolute Gasteiger partial charge is 0.595 e. The molecular weight excluding hydrogens is 522 g/mol. The standard InChI is InChI=1S/C31H33N5O5/c37-28-5-1-3-25-20-9-18(14-33(25)28)13-32(15-20)31(39)24-12-19-11-23(36(40)41)7-8-27(19)35-16-21-10-22(30(24)35)17-34-26(21)4-2-6-29(34)38/h1-8,11,18,20-22,24,30,36,40H,9-10,12-17H2. The quantitative estimate of drug-likeness (QED) is 0.460. The van der Waals surface area contributed by atoms with Crippen molar-refractivity contribution in [2.24, 2.45) is 17.8 Å². The molecule has 3 aromatic rings. The third-order valence-corrected chi connectivity index (χ3v) is 10.4. The number of fused-ring (bicyclic) bond motifs is 12. The van der Waals surface area contributed by atoms with Crippen LogP contribution in [-0.2, 0) is 24.3 Å². The van der Waals surface area contributed by atoms with Crippen LogP contribution in [0.2, 0.25) is 0 Å². The van der Waals surface area contributed by atoms with E-state index in [9.17, 15) is 24.8 Å². The second kappa shape index (κ2) is 9.14. The zero-order valence-corrected chi connectivity index (χ0v) is 22.7. The molecule has 1 amide bonds. The number of nitrogens with zero attached hydrogens (tertiary/aromatic N) is 4. The van der Waals surface area contributed by atoms with Crippen molar-refractivity contribution in [1.29, 1.82) is 0 Å². The number of piperidine rings is 2. The molecule has 0 spiro atoms. The van der Waals surface area contributed by atoms with Crippen LogP contribution in [-0.4, -0.2) is 50.8 Å². The van der Waals surface area contributed by atoms with Gasteiger partial charge in [-0.1, -0.05) is 12.1 Å². The zero-order chi connectivity index (χ0) is 28.0. The summed E-state index contributed by atoms with van der Waals surface area (Å²) in [5, 5.41) is 20.6. The van der Waals surface area contributed by atoms with Crippen molar-refractivity contribution in [2.75, 3.05) is 24.5 Å². The van der Waals surface area contributed by atoms with Gasteiger partial charge in [0.15, 0.2) is 5.69 Å². The average molecular weight is 556 g/mol. The van der Waals surface area contributed by atoms with E-state index in [-0.39, 0.29) is 58.3 Å². The summed E-state index contributed by atoms with van der Waals surface area (Å²) in [5.41, 5.74) is 4.23. The summed E-state index contributed by atoms with van der Waals surface area (Å²) >= 11 is 0. The van der Waals surface area contributed by atoms with Gasteiger partial charge in [-0.2, -0.15) is 5.23 Å². The van der Waals surface area contributed by atoms with E-state index >= 15 is 0 Å². The minimum atomic E-state index is -0.973. The highest BCUT2D eigenvalue weighted by Gasteiger charge is 2.51. The van der Waals surface area contributed by atoms with Crippen LogP contribution in [0.4, 0.5) is 11.4 Å². The van der Waals surface area contributed by atoms with Crippen molar-refractivity contribution in [3.63, 3.8) is 0 Å². The van der Waals surface area contributed by atoms with Gasteiger partial charge in [0.1, 0.15) is 0 Å². The maximum atomic E-state index is 14.6. The van der Waals surface area contributed by atoms with Gasteiger partial charge in [-0.05, 0) is 54.9 Å². The number of carbonyl (C=O) groups excluding carboxylic acids is 1. The van der Waals surface area contributed by atoms with Gasteiger partial charge in [-0.15, -0.1) is 0 Å². The molecule has 0 saturated carbocycles. The number of amides is 1. The van der Waals surface area contributed by atoms with Gasteiger partial charge in [0.2, 0.25) is 5.91 Å². The molecule has 212 valence electrons. The van der Waals surface area contributed by atoms with Crippen molar-refractivity contribution in [3.05, 3.63) is 97.5 Å². The second-order valence-corrected chi connectivity index (χ2v) is 12.6. The van der Waals surface area contributed by atoms with E-state index in [1.54, 1.807) is 24.3 Å². The number of carbonyl (C=O) groups is 1. The Labute approximate surface area is 236 Å². The van der Waals surface area contributed by atoms with Crippen LogP contribution < -0.4 is 21.2 Å². The molecule has 10 nitrogen and oxygen atoms in total. The van der Waals surface area contributed by atoms with Crippen LogP contribution >= 0.6 is 0 Å². The molecule has 5 aliphatic heterocycles. The molecule has 7 unspecified atom stereocenters. The van der Waals surface area contributed by atoms with Crippen LogP contribution in [0, 0.1) is 23.0 Å². The van der Waals surface area contributed by atoms with E-state index in [2.05, 4.69) is 4.90 Å². The third kappa shape index (κ3) is 3.84. The van der Waals surface area contributed by atoms with E-state index in [0.717, 1.165) is 35.5 Å². The lowest BCUT2D eigenvalue weighted by Crippen LogP contribution is -2.99. The SMILES string of the molecule is O=C(C1Cc2cc([NH+]([O-])O)ccc2N2CC3CC(Cn4c3cccc4=O)C12)N1CC2CC(C1)c1cccc(=O)n1C2. The van der Waals surface area contributed by atoms with Crippen molar-refractivity contribution in [3.8, 4) is 0 Å². The number of hydrogen-bond donors (Lipinski definition) is 2. The summed E-state index contributed by atoms with van der Waals surface area (Å²) in [7, 11) is 0. The smallest absolute Gasteiger partial charge is 0.250 e. The highest BCUT2D eigenvalue weighted by molar-refractivity contribution is 5.83. The van der Waals surface area contributed by atoms with Crippen LogP contribution in [0.25, 0.3) is 0 Å². The Balaban J connectivity index is 1.18. The fourth-order valence-electron chi connectivity index (χ4n) is 8.78. The lowest BCUT2D eigenvalue weighted by atomic mass is 9.69. The number of rotatable bonds is 2. The van der Waals surface area contributed by atoms with Gasteiger partial charge in [0, 0.05) is 91.9 Å². The van der Waals surface area contributed by atoms with Crippen molar-refractivity contribution < 1.29 is 15.2 Å². The number of anilines is 1. The molecule has 4 bridgehead atoms. The van der Waals surface area contributed by atoms with Crippen molar-refractivity contribution >= 4 is 17.3 Å². The van der Waals surface area contributed by atoms with Crippen LogP contribution in [0.1, 0.15) is 41.6 Å². The molecule has 0 aliphatic carbocycles. The molecule has 8 rings (SSSR count). The zero-order valence-electron chi connectivity index (χ0n) is 22.7. The fraction of sp³-hybridized carbons (Fsp3) is 0.452. The maximum absolute atomic E-state index is 14.6. The lowest BCUT2D eigenvalue weighted by molar-refractivity contribution is -0.991. The van der Waals surface area contributed by atoms with Crippen molar-refractivity contribution in [2.45, 2.75) is 50.2 Å². The Morgan fingerprint density at radius 2 is 1.56 bits per heavy atom.